The van der Waals surface area contributed by atoms with Crippen LogP contribution in [-0.4, -0.2) is 78.2 Å². The lowest BCUT2D eigenvalue weighted by atomic mass is 9.75. The minimum Gasteiger partial charge on any atom is -0.385 e. The molecule has 2 aliphatic heterocycles. The van der Waals surface area contributed by atoms with Gasteiger partial charge in [-0.25, -0.2) is 0 Å². The Morgan fingerprint density at radius 3 is 2.47 bits per heavy atom. The number of likely N-dealkylation sites (tertiary alicyclic amines) is 1. The van der Waals surface area contributed by atoms with E-state index < -0.39 is 5.41 Å². The largest absolute Gasteiger partial charge is 0.385 e. The van der Waals surface area contributed by atoms with Gasteiger partial charge in [-0.05, 0) is 24.5 Å². The van der Waals surface area contributed by atoms with Crippen LogP contribution in [0.4, 0.5) is 0 Å². The molecule has 2 aliphatic rings. The molecule has 2 fully saturated rings. The number of piperazine rings is 1. The first-order chi connectivity index (χ1) is 17.3. The lowest BCUT2D eigenvalue weighted by Gasteiger charge is -2.36. The van der Waals surface area contributed by atoms with E-state index in [0.29, 0.717) is 38.2 Å². The summed E-state index contributed by atoms with van der Waals surface area (Å²) in [5.41, 5.74) is 1.57. The van der Waals surface area contributed by atoms with Crippen LogP contribution in [-0.2, 0) is 35.9 Å². The van der Waals surface area contributed by atoms with E-state index in [1.807, 2.05) is 31.2 Å². The minimum absolute atomic E-state index is 0.0325. The average molecular weight is 492 g/mol. The Kier molecular flexibility index (Phi) is 7.84. The van der Waals surface area contributed by atoms with E-state index in [0.717, 1.165) is 11.1 Å². The Hall–Kier alpha value is -3.52. The quantitative estimate of drug-likeness (QED) is 0.397. The van der Waals surface area contributed by atoms with Crippen molar-refractivity contribution in [2.45, 2.75) is 38.1 Å². The Bertz CT molecular complexity index is 1140. The lowest BCUT2D eigenvalue weighted by Crippen LogP contribution is -2.53. The highest BCUT2D eigenvalue weighted by Crippen LogP contribution is 2.40. The van der Waals surface area contributed by atoms with Gasteiger partial charge in [0.25, 0.3) is 0 Å². The van der Waals surface area contributed by atoms with Gasteiger partial charge >= 0.3 is 0 Å². The van der Waals surface area contributed by atoms with Crippen LogP contribution in [0.1, 0.15) is 36.0 Å². The lowest BCUT2D eigenvalue weighted by molar-refractivity contribution is -0.147. The van der Waals surface area contributed by atoms with Gasteiger partial charge in [-0.15, -0.1) is 0 Å². The molecule has 1 atom stereocenters. The van der Waals surface area contributed by atoms with Crippen molar-refractivity contribution in [1.29, 1.82) is 0 Å². The van der Waals surface area contributed by atoms with Crippen molar-refractivity contribution in [2.75, 3.05) is 39.9 Å². The summed E-state index contributed by atoms with van der Waals surface area (Å²) < 4.78 is 5.07. The number of benzene rings is 2. The molecule has 0 spiro atoms. The fourth-order valence-corrected chi connectivity index (χ4v) is 5.11. The summed E-state index contributed by atoms with van der Waals surface area (Å²) in [6.45, 7) is 3.98. The number of hydrogen-bond acceptors (Lipinski definition) is 5. The molecule has 190 valence electrons. The van der Waals surface area contributed by atoms with Gasteiger partial charge in [-0.2, -0.15) is 0 Å². The molecule has 0 N–H and O–H groups in total. The van der Waals surface area contributed by atoms with Gasteiger partial charge in [-0.1, -0.05) is 60.2 Å². The van der Waals surface area contributed by atoms with Crippen molar-refractivity contribution in [3.05, 3.63) is 71.3 Å². The van der Waals surface area contributed by atoms with E-state index >= 15 is 0 Å². The number of rotatable bonds is 9. The third kappa shape index (κ3) is 5.33. The number of aryl methyl sites for hydroxylation is 1. The zero-order valence-electron chi connectivity index (χ0n) is 20.9. The molecule has 8 heteroatoms. The highest BCUT2D eigenvalue weighted by atomic mass is 16.5. The van der Waals surface area contributed by atoms with Crippen molar-refractivity contribution in [3.8, 4) is 0 Å². The molecule has 8 nitrogen and oxygen atoms in total. The van der Waals surface area contributed by atoms with Crippen molar-refractivity contribution >= 4 is 23.6 Å². The molecule has 0 aromatic heterocycles. The highest BCUT2D eigenvalue weighted by Gasteiger charge is 2.54. The Morgan fingerprint density at radius 1 is 1.00 bits per heavy atom. The van der Waals surface area contributed by atoms with Gasteiger partial charge in [0.05, 0.1) is 12.0 Å². The first-order valence-electron chi connectivity index (χ1n) is 12.3. The molecule has 4 rings (SSSR count). The van der Waals surface area contributed by atoms with Crippen LogP contribution in [0.25, 0.3) is 0 Å². The van der Waals surface area contributed by atoms with Gasteiger partial charge in [0, 0.05) is 52.7 Å². The zero-order chi connectivity index (χ0) is 25.7. The molecule has 2 heterocycles. The molecule has 0 saturated carbocycles. The molecule has 2 aromatic carbocycles. The third-order valence-electron chi connectivity index (χ3n) is 7.05. The maximum atomic E-state index is 13.6. The SMILES string of the molecule is COCCCN1C(=O)C[C@](CC(=O)N2CCN(Cc3cccc(C)c3)C(=O)C2)(c2ccccc2)C1=O. The summed E-state index contributed by atoms with van der Waals surface area (Å²) >= 11 is 0. The predicted octanol–water partition coefficient (Wildman–Crippen LogP) is 2.29. The summed E-state index contributed by atoms with van der Waals surface area (Å²) in [4.78, 5) is 57.4. The van der Waals surface area contributed by atoms with E-state index in [2.05, 4.69) is 6.07 Å². The normalized spacial score (nSPS) is 20.4. The Balaban J connectivity index is 1.48. The smallest absolute Gasteiger partial charge is 0.242 e. The third-order valence-corrected chi connectivity index (χ3v) is 7.05. The van der Waals surface area contributed by atoms with Crippen molar-refractivity contribution in [2.24, 2.45) is 0 Å². The number of carbonyl (C=O) groups is 4. The monoisotopic (exact) mass is 491 g/mol. The maximum Gasteiger partial charge on any atom is 0.242 e. The number of carbonyl (C=O) groups excluding carboxylic acids is 4. The second kappa shape index (κ2) is 11.0. The second-order valence-corrected chi connectivity index (χ2v) is 9.62. The summed E-state index contributed by atoms with van der Waals surface area (Å²) in [7, 11) is 1.57. The van der Waals surface area contributed by atoms with Gasteiger partial charge in [0.2, 0.25) is 23.6 Å². The Labute approximate surface area is 211 Å². The van der Waals surface area contributed by atoms with Crippen LogP contribution in [0, 0.1) is 6.92 Å². The van der Waals surface area contributed by atoms with Crippen LogP contribution >= 0.6 is 0 Å². The maximum absolute atomic E-state index is 13.6. The Morgan fingerprint density at radius 2 is 1.78 bits per heavy atom. The highest BCUT2D eigenvalue weighted by molar-refractivity contribution is 6.10. The molecular weight excluding hydrogens is 458 g/mol. The standard InChI is InChI=1S/C28H33N3O5/c1-21-8-6-9-22(16-21)19-29-13-14-30(20-26(29)34)24(32)17-28(23-10-4-3-5-11-23)18-25(33)31(27(28)35)12-7-15-36-2/h3-6,8-11,16H,7,12-15,17-20H2,1-2H3/t28-/m1/s1. The van der Waals surface area contributed by atoms with Crippen LogP contribution in [0.2, 0.25) is 0 Å². The van der Waals surface area contributed by atoms with Crippen LogP contribution in [0.3, 0.4) is 0 Å². The van der Waals surface area contributed by atoms with Crippen LogP contribution < -0.4 is 0 Å². The van der Waals surface area contributed by atoms with Crippen molar-refractivity contribution < 1.29 is 23.9 Å². The summed E-state index contributed by atoms with van der Waals surface area (Å²) in [6, 6.07) is 17.1. The van der Waals surface area contributed by atoms with Crippen LogP contribution in [0.5, 0.6) is 0 Å². The van der Waals surface area contributed by atoms with Gasteiger partial charge in [-0.3, -0.25) is 24.1 Å². The second-order valence-electron chi connectivity index (χ2n) is 9.62. The number of hydrogen-bond donors (Lipinski definition) is 0. The summed E-state index contributed by atoms with van der Waals surface area (Å²) in [5, 5.41) is 0. The first-order valence-corrected chi connectivity index (χ1v) is 12.3. The summed E-state index contributed by atoms with van der Waals surface area (Å²) in [5.74, 6) is -1.05. The van der Waals surface area contributed by atoms with E-state index in [1.54, 1.807) is 36.3 Å². The molecule has 36 heavy (non-hydrogen) atoms. The van der Waals surface area contributed by atoms with Gasteiger partial charge < -0.3 is 14.5 Å². The van der Waals surface area contributed by atoms with Crippen molar-refractivity contribution in [3.63, 3.8) is 0 Å². The fraction of sp³-hybridized carbons (Fsp3) is 0.429. The number of nitrogens with zero attached hydrogens (tertiary/aromatic N) is 3. The van der Waals surface area contributed by atoms with Crippen LogP contribution in [0.15, 0.2) is 54.6 Å². The molecule has 2 saturated heterocycles. The number of ether oxygens (including phenoxy) is 1. The number of methoxy groups -OCH3 is 1. The van der Waals surface area contributed by atoms with E-state index in [9.17, 15) is 19.2 Å². The molecule has 0 radical (unpaired) electrons. The fourth-order valence-electron chi connectivity index (χ4n) is 5.11. The van der Waals surface area contributed by atoms with E-state index in [1.165, 1.54) is 9.80 Å². The van der Waals surface area contributed by atoms with E-state index in [4.69, 9.17) is 4.74 Å². The molecule has 0 bridgehead atoms. The molecular formula is C28H33N3O5. The van der Waals surface area contributed by atoms with Gasteiger partial charge in [0.15, 0.2) is 0 Å². The zero-order valence-corrected chi connectivity index (χ0v) is 20.9. The number of imide groups is 1. The first kappa shape index (κ1) is 25.6. The molecule has 0 unspecified atom stereocenters. The minimum atomic E-state index is -1.26. The molecule has 2 aromatic rings. The van der Waals surface area contributed by atoms with Gasteiger partial charge in [0.1, 0.15) is 0 Å². The summed E-state index contributed by atoms with van der Waals surface area (Å²) in [6.07, 6.45) is 0.327. The number of amides is 4. The van der Waals surface area contributed by atoms with Crippen molar-refractivity contribution in [1.82, 2.24) is 14.7 Å². The molecule has 4 amide bonds. The predicted molar refractivity (Wildman–Crippen MR) is 134 cm³/mol. The topological polar surface area (TPSA) is 87.2 Å². The van der Waals surface area contributed by atoms with E-state index in [-0.39, 0.29) is 49.6 Å². The molecule has 0 aliphatic carbocycles. The average Bonchev–Trinajstić information content (AvgIpc) is 3.11.